The summed E-state index contributed by atoms with van der Waals surface area (Å²) in [7, 11) is 0. The minimum Gasteiger partial charge on any atom is -0.476 e. The van der Waals surface area contributed by atoms with E-state index < -0.39 is 11.8 Å². The van der Waals surface area contributed by atoms with Crippen molar-refractivity contribution in [1.29, 1.82) is 5.26 Å². The zero-order valence-corrected chi connectivity index (χ0v) is 9.17. The van der Waals surface area contributed by atoms with Gasteiger partial charge in [-0.2, -0.15) is 5.26 Å². The van der Waals surface area contributed by atoms with Gasteiger partial charge in [0.25, 0.3) is 0 Å². The topological polar surface area (TPSA) is 78.9 Å². The lowest BCUT2D eigenvalue weighted by molar-refractivity contribution is 0.0691. The number of aromatic carboxylic acids is 1. The van der Waals surface area contributed by atoms with Crippen LogP contribution in [0.3, 0.4) is 0 Å². The molecule has 6 heteroatoms. The van der Waals surface area contributed by atoms with Crippen LogP contribution in [0.1, 0.15) is 21.6 Å². The number of benzene rings is 1. The van der Waals surface area contributed by atoms with Crippen LogP contribution in [0, 0.1) is 17.1 Å². The van der Waals surface area contributed by atoms with E-state index in [0.717, 1.165) is 0 Å². The summed E-state index contributed by atoms with van der Waals surface area (Å²) in [5.41, 5.74) is 0.735. The van der Waals surface area contributed by atoms with Crippen molar-refractivity contribution in [1.82, 2.24) is 9.55 Å². The van der Waals surface area contributed by atoms with Gasteiger partial charge < -0.3 is 9.67 Å². The Bertz CT molecular complexity index is 643. The number of carbonyl (C=O) groups is 1. The highest BCUT2D eigenvalue weighted by molar-refractivity contribution is 5.84. The van der Waals surface area contributed by atoms with E-state index >= 15 is 0 Å². The Kier molecular flexibility index (Phi) is 3.06. The molecule has 0 aliphatic carbocycles. The van der Waals surface area contributed by atoms with E-state index in [1.54, 1.807) is 0 Å². The lowest BCUT2D eigenvalue weighted by Crippen LogP contribution is -2.01. The Morgan fingerprint density at radius 2 is 2.33 bits per heavy atom. The van der Waals surface area contributed by atoms with Crippen molar-refractivity contribution in [3.05, 3.63) is 53.4 Å². The lowest BCUT2D eigenvalue weighted by Gasteiger charge is -2.04. The van der Waals surface area contributed by atoms with Gasteiger partial charge in [0.1, 0.15) is 5.82 Å². The average molecular weight is 245 g/mol. The summed E-state index contributed by atoms with van der Waals surface area (Å²) in [6.45, 7) is 0.195. The van der Waals surface area contributed by atoms with Gasteiger partial charge in [0.2, 0.25) is 0 Å². The molecule has 1 N–H and O–H groups in total. The number of hydrogen-bond acceptors (Lipinski definition) is 3. The van der Waals surface area contributed by atoms with Crippen LogP contribution in [-0.4, -0.2) is 20.6 Å². The van der Waals surface area contributed by atoms with Gasteiger partial charge in [-0.3, -0.25) is 0 Å². The summed E-state index contributed by atoms with van der Waals surface area (Å²) in [4.78, 5) is 14.3. The molecule has 0 saturated heterocycles. The third-order valence-corrected chi connectivity index (χ3v) is 2.39. The SMILES string of the molecule is N#Cc1ccc(F)cc1Cn1cnc(C(=O)O)c1. The summed E-state index contributed by atoms with van der Waals surface area (Å²) in [6, 6.07) is 5.80. The summed E-state index contributed by atoms with van der Waals surface area (Å²) in [5, 5.41) is 17.6. The zero-order chi connectivity index (χ0) is 13.1. The highest BCUT2D eigenvalue weighted by Crippen LogP contribution is 2.12. The smallest absolute Gasteiger partial charge is 0.356 e. The molecular formula is C12H8FN3O2. The van der Waals surface area contributed by atoms with Crippen molar-refractivity contribution in [2.75, 3.05) is 0 Å². The van der Waals surface area contributed by atoms with Crippen molar-refractivity contribution in [2.45, 2.75) is 6.54 Å². The van der Waals surface area contributed by atoms with Crippen LogP contribution in [0.2, 0.25) is 0 Å². The largest absolute Gasteiger partial charge is 0.476 e. The highest BCUT2D eigenvalue weighted by Gasteiger charge is 2.09. The van der Waals surface area contributed by atoms with Crippen molar-refractivity contribution in [2.24, 2.45) is 0 Å². The molecule has 5 nitrogen and oxygen atoms in total. The van der Waals surface area contributed by atoms with Crippen LogP contribution < -0.4 is 0 Å². The average Bonchev–Trinajstić information content (AvgIpc) is 2.78. The predicted molar refractivity (Wildman–Crippen MR) is 59.4 cm³/mol. The first kappa shape index (κ1) is 11.8. The number of rotatable bonds is 3. The second-order valence-electron chi connectivity index (χ2n) is 3.65. The monoisotopic (exact) mass is 245 g/mol. The second kappa shape index (κ2) is 4.67. The number of imidazole rings is 1. The summed E-state index contributed by atoms with van der Waals surface area (Å²) in [5.74, 6) is -1.57. The van der Waals surface area contributed by atoms with Crippen LogP contribution in [0.25, 0.3) is 0 Å². The molecule has 90 valence electrons. The van der Waals surface area contributed by atoms with Gasteiger partial charge in [-0.05, 0) is 23.8 Å². The van der Waals surface area contributed by atoms with Gasteiger partial charge in [-0.25, -0.2) is 14.2 Å². The quantitative estimate of drug-likeness (QED) is 0.891. The van der Waals surface area contributed by atoms with Crippen molar-refractivity contribution in [3.8, 4) is 6.07 Å². The Labute approximate surface area is 102 Å². The highest BCUT2D eigenvalue weighted by atomic mass is 19.1. The van der Waals surface area contributed by atoms with Gasteiger partial charge in [-0.15, -0.1) is 0 Å². The molecular weight excluding hydrogens is 237 g/mol. The fourth-order valence-corrected chi connectivity index (χ4v) is 1.56. The van der Waals surface area contributed by atoms with Gasteiger partial charge in [0, 0.05) is 12.7 Å². The predicted octanol–water partition coefficient (Wildman–Crippen LogP) is 1.64. The molecule has 0 fully saturated rings. The molecule has 1 aromatic heterocycles. The van der Waals surface area contributed by atoms with E-state index in [1.165, 1.54) is 35.3 Å². The molecule has 0 saturated carbocycles. The minimum atomic E-state index is -1.13. The molecule has 0 unspecified atom stereocenters. The molecule has 1 heterocycles. The fourth-order valence-electron chi connectivity index (χ4n) is 1.56. The van der Waals surface area contributed by atoms with Gasteiger partial charge in [0.05, 0.1) is 18.0 Å². The molecule has 18 heavy (non-hydrogen) atoms. The summed E-state index contributed by atoms with van der Waals surface area (Å²) in [6.07, 6.45) is 2.66. The maximum absolute atomic E-state index is 13.1. The second-order valence-corrected chi connectivity index (χ2v) is 3.65. The number of carboxylic acid groups (broad SMARTS) is 1. The first-order chi connectivity index (χ1) is 8.60. The van der Waals surface area contributed by atoms with Crippen LogP contribution >= 0.6 is 0 Å². The molecule has 1 aromatic carbocycles. The van der Waals surface area contributed by atoms with Crippen LogP contribution in [0.15, 0.2) is 30.7 Å². The van der Waals surface area contributed by atoms with Crippen LogP contribution in [0.5, 0.6) is 0 Å². The normalized spacial score (nSPS) is 10.0. The van der Waals surface area contributed by atoms with Gasteiger partial charge in [-0.1, -0.05) is 0 Å². The van der Waals surface area contributed by atoms with Gasteiger partial charge >= 0.3 is 5.97 Å². The van der Waals surface area contributed by atoms with E-state index in [9.17, 15) is 9.18 Å². The van der Waals surface area contributed by atoms with Crippen molar-refractivity contribution >= 4 is 5.97 Å². The molecule has 0 bridgehead atoms. The molecule has 0 spiro atoms. The van der Waals surface area contributed by atoms with E-state index in [0.29, 0.717) is 11.1 Å². The number of nitrogens with zero attached hydrogens (tertiary/aromatic N) is 3. The van der Waals surface area contributed by atoms with E-state index in [-0.39, 0.29) is 12.2 Å². The summed E-state index contributed by atoms with van der Waals surface area (Å²) >= 11 is 0. The van der Waals surface area contributed by atoms with E-state index in [4.69, 9.17) is 10.4 Å². The van der Waals surface area contributed by atoms with Crippen molar-refractivity contribution in [3.63, 3.8) is 0 Å². The van der Waals surface area contributed by atoms with Crippen LogP contribution in [-0.2, 0) is 6.54 Å². The molecule has 0 aliphatic rings. The molecule has 0 amide bonds. The maximum Gasteiger partial charge on any atom is 0.356 e. The van der Waals surface area contributed by atoms with E-state index in [2.05, 4.69) is 4.98 Å². The first-order valence-corrected chi connectivity index (χ1v) is 5.04. The Balaban J connectivity index is 2.30. The molecule has 2 rings (SSSR count). The Hall–Kier alpha value is -2.68. The number of nitriles is 1. The Morgan fingerprint density at radius 1 is 1.56 bits per heavy atom. The van der Waals surface area contributed by atoms with E-state index in [1.807, 2.05) is 6.07 Å². The first-order valence-electron chi connectivity index (χ1n) is 5.04. The number of halogens is 1. The molecule has 2 aromatic rings. The fraction of sp³-hybridized carbons (Fsp3) is 0.0833. The third kappa shape index (κ3) is 2.35. The number of aromatic nitrogens is 2. The molecule has 0 atom stereocenters. The molecule has 0 aliphatic heterocycles. The lowest BCUT2D eigenvalue weighted by atomic mass is 10.1. The number of carboxylic acids is 1. The third-order valence-electron chi connectivity index (χ3n) is 2.39. The van der Waals surface area contributed by atoms with Crippen molar-refractivity contribution < 1.29 is 14.3 Å². The molecule has 0 radical (unpaired) electrons. The summed E-state index contributed by atoms with van der Waals surface area (Å²) < 4.78 is 14.6. The maximum atomic E-state index is 13.1. The van der Waals surface area contributed by atoms with Crippen LogP contribution in [0.4, 0.5) is 4.39 Å². The zero-order valence-electron chi connectivity index (χ0n) is 9.17. The van der Waals surface area contributed by atoms with Gasteiger partial charge in [0.15, 0.2) is 5.69 Å². The Morgan fingerprint density at radius 3 is 2.94 bits per heavy atom. The standard InChI is InChI=1S/C12H8FN3O2/c13-10-2-1-8(4-14)9(3-10)5-16-6-11(12(17)18)15-7-16/h1-3,6-7H,5H2,(H,17,18). The minimum absolute atomic E-state index is 0.0927. The number of hydrogen-bond donors (Lipinski definition) is 1.